The zero-order chi connectivity index (χ0) is 19.5. The highest BCUT2D eigenvalue weighted by Crippen LogP contribution is 2.35. The lowest BCUT2D eigenvalue weighted by molar-refractivity contribution is -0.113. The molecule has 1 N–H and O–H groups in total. The molecule has 2 aromatic carbocycles. The van der Waals surface area contributed by atoms with Crippen LogP contribution in [-0.2, 0) is 4.79 Å². The summed E-state index contributed by atoms with van der Waals surface area (Å²) in [5.74, 6) is 1.68. The Balaban J connectivity index is 1.32. The number of aryl methyl sites for hydroxylation is 2. The van der Waals surface area contributed by atoms with Gasteiger partial charge < -0.3 is 19.2 Å². The van der Waals surface area contributed by atoms with Gasteiger partial charge in [0.05, 0.1) is 5.75 Å². The van der Waals surface area contributed by atoms with Crippen LogP contribution in [0.2, 0.25) is 0 Å². The number of fused-ring (bicyclic) bond motifs is 1. The molecule has 2 heterocycles. The number of ether oxygens (including phenoxy) is 2. The smallest absolute Gasteiger partial charge is 0.277 e. The summed E-state index contributed by atoms with van der Waals surface area (Å²) in [6.45, 7) is 4.33. The van der Waals surface area contributed by atoms with Crippen LogP contribution in [0.5, 0.6) is 11.5 Å². The number of hydrogen-bond donors (Lipinski definition) is 1. The van der Waals surface area contributed by atoms with E-state index in [0.717, 1.165) is 11.3 Å². The van der Waals surface area contributed by atoms with Crippen LogP contribution in [0.15, 0.2) is 52.1 Å². The number of rotatable bonds is 5. The molecule has 0 radical (unpaired) electrons. The second-order valence-corrected chi connectivity index (χ2v) is 7.33. The first-order valence-corrected chi connectivity index (χ1v) is 9.79. The van der Waals surface area contributed by atoms with Gasteiger partial charge in [-0.05, 0) is 49.2 Å². The summed E-state index contributed by atoms with van der Waals surface area (Å²) in [6, 6.07) is 13.2. The van der Waals surface area contributed by atoms with E-state index >= 15 is 0 Å². The van der Waals surface area contributed by atoms with E-state index in [-0.39, 0.29) is 18.3 Å². The summed E-state index contributed by atoms with van der Waals surface area (Å²) in [4.78, 5) is 12.2. The van der Waals surface area contributed by atoms with Crippen LogP contribution in [0.25, 0.3) is 0 Å². The highest BCUT2D eigenvalue weighted by atomic mass is 32.2. The van der Waals surface area contributed by atoms with E-state index in [1.54, 1.807) is 0 Å². The highest BCUT2D eigenvalue weighted by Gasteiger charge is 2.27. The number of nitrogens with zero attached hydrogens (tertiary/aromatic N) is 2. The first kappa shape index (κ1) is 18.4. The molecule has 1 atom stereocenters. The van der Waals surface area contributed by atoms with E-state index in [9.17, 15) is 4.79 Å². The van der Waals surface area contributed by atoms with E-state index in [2.05, 4.69) is 15.5 Å². The Kier molecular flexibility index (Phi) is 5.21. The van der Waals surface area contributed by atoms with Gasteiger partial charge in [-0.2, -0.15) is 0 Å². The van der Waals surface area contributed by atoms with Crippen LogP contribution in [0.4, 0.5) is 5.69 Å². The molecular weight excluding hydrogens is 378 g/mol. The molecule has 0 saturated heterocycles. The van der Waals surface area contributed by atoms with Crippen LogP contribution in [0, 0.1) is 13.8 Å². The Morgan fingerprint density at radius 2 is 1.96 bits per heavy atom. The maximum Gasteiger partial charge on any atom is 0.277 e. The minimum atomic E-state index is -0.471. The van der Waals surface area contributed by atoms with Crippen molar-refractivity contribution in [3.63, 3.8) is 0 Å². The molecule has 1 aliphatic rings. The molecule has 1 amide bonds. The Labute approximate surface area is 166 Å². The zero-order valence-corrected chi connectivity index (χ0v) is 16.3. The summed E-state index contributed by atoms with van der Waals surface area (Å²) in [5, 5.41) is 11.2. The van der Waals surface area contributed by atoms with Crippen molar-refractivity contribution in [3.05, 3.63) is 59.5 Å². The third-order valence-corrected chi connectivity index (χ3v) is 5.14. The normalized spacial score (nSPS) is 15.3. The van der Waals surface area contributed by atoms with E-state index < -0.39 is 6.10 Å². The quantitative estimate of drug-likeness (QED) is 0.653. The minimum absolute atomic E-state index is 0.140. The highest BCUT2D eigenvalue weighted by molar-refractivity contribution is 7.99. The van der Waals surface area contributed by atoms with Crippen molar-refractivity contribution in [3.8, 4) is 11.5 Å². The molecule has 0 unspecified atom stereocenters. The van der Waals surface area contributed by atoms with Crippen LogP contribution in [0.1, 0.15) is 23.1 Å². The number of nitrogens with one attached hydrogen (secondary N) is 1. The topological polar surface area (TPSA) is 86.5 Å². The molecule has 3 aromatic rings. The number of anilines is 1. The Morgan fingerprint density at radius 3 is 2.79 bits per heavy atom. The van der Waals surface area contributed by atoms with Gasteiger partial charge in [0.1, 0.15) is 6.61 Å². The van der Waals surface area contributed by atoms with Crippen molar-refractivity contribution in [2.24, 2.45) is 0 Å². The first-order valence-electron chi connectivity index (χ1n) is 8.80. The molecule has 4 rings (SSSR count). The molecule has 8 heteroatoms. The van der Waals surface area contributed by atoms with Gasteiger partial charge in [-0.3, -0.25) is 4.79 Å². The third kappa shape index (κ3) is 4.12. The Morgan fingerprint density at radius 1 is 1.14 bits per heavy atom. The molecule has 0 aliphatic carbocycles. The predicted molar refractivity (Wildman–Crippen MR) is 105 cm³/mol. The van der Waals surface area contributed by atoms with Gasteiger partial charge in [0.2, 0.25) is 12.0 Å². The van der Waals surface area contributed by atoms with Gasteiger partial charge >= 0.3 is 0 Å². The van der Waals surface area contributed by atoms with Gasteiger partial charge in [0, 0.05) is 5.69 Å². The van der Waals surface area contributed by atoms with Crippen molar-refractivity contribution < 1.29 is 18.7 Å². The molecule has 0 spiro atoms. The van der Waals surface area contributed by atoms with Crippen molar-refractivity contribution >= 4 is 23.4 Å². The summed E-state index contributed by atoms with van der Waals surface area (Å²) < 4.78 is 17.1. The lowest BCUT2D eigenvalue weighted by atomic mass is 10.1. The number of para-hydroxylation sites is 2. The number of carbonyl (C=O) groups is 1. The first-order chi connectivity index (χ1) is 13.6. The molecule has 0 saturated carbocycles. The Bertz CT molecular complexity index is 1000. The maximum absolute atomic E-state index is 12.2. The van der Waals surface area contributed by atoms with Crippen molar-refractivity contribution in [1.29, 1.82) is 0 Å². The van der Waals surface area contributed by atoms with Gasteiger partial charge in [0.25, 0.3) is 11.1 Å². The number of amides is 1. The second kappa shape index (κ2) is 7.93. The van der Waals surface area contributed by atoms with Crippen molar-refractivity contribution in [1.82, 2.24) is 10.2 Å². The van der Waals surface area contributed by atoms with Gasteiger partial charge in [-0.1, -0.05) is 30.0 Å². The predicted octanol–water partition coefficient (Wildman–Crippen LogP) is 3.93. The van der Waals surface area contributed by atoms with E-state index in [1.165, 1.54) is 17.3 Å². The lowest BCUT2D eigenvalue weighted by Gasteiger charge is -2.23. The average molecular weight is 397 g/mol. The van der Waals surface area contributed by atoms with Crippen LogP contribution in [-0.4, -0.2) is 28.5 Å². The molecule has 1 aliphatic heterocycles. The van der Waals surface area contributed by atoms with Gasteiger partial charge in [-0.25, -0.2) is 0 Å². The fourth-order valence-electron chi connectivity index (χ4n) is 2.69. The molecule has 7 nitrogen and oxygen atoms in total. The number of benzene rings is 2. The number of hydrogen-bond acceptors (Lipinski definition) is 7. The zero-order valence-electron chi connectivity index (χ0n) is 15.5. The largest absolute Gasteiger partial charge is 0.485 e. The van der Waals surface area contributed by atoms with Gasteiger partial charge in [-0.15, -0.1) is 10.2 Å². The summed E-state index contributed by atoms with van der Waals surface area (Å²) in [7, 11) is 0. The molecule has 28 heavy (non-hydrogen) atoms. The molecular formula is C20H19N3O4S. The summed E-state index contributed by atoms with van der Waals surface area (Å²) in [5.41, 5.74) is 3.08. The number of thioether (sulfide) groups is 1. The van der Waals surface area contributed by atoms with Crippen molar-refractivity contribution in [2.75, 3.05) is 17.7 Å². The molecule has 0 fully saturated rings. The molecule has 144 valence electrons. The van der Waals surface area contributed by atoms with Crippen LogP contribution < -0.4 is 14.8 Å². The monoisotopic (exact) mass is 397 g/mol. The number of aromatic nitrogens is 2. The number of carbonyl (C=O) groups excluding carboxylic acids is 1. The van der Waals surface area contributed by atoms with Gasteiger partial charge in [0.15, 0.2) is 11.5 Å². The third-order valence-electron chi connectivity index (χ3n) is 4.32. The minimum Gasteiger partial charge on any atom is -0.485 e. The lowest BCUT2D eigenvalue weighted by Crippen LogP contribution is -2.21. The van der Waals surface area contributed by atoms with Crippen molar-refractivity contribution in [2.45, 2.75) is 25.2 Å². The van der Waals surface area contributed by atoms with Crippen LogP contribution >= 0.6 is 11.8 Å². The maximum atomic E-state index is 12.2. The fraction of sp³-hybridized carbons (Fsp3) is 0.250. The Hall–Kier alpha value is -3.00. The fourth-order valence-corrected chi connectivity index (χ4v) is 3.26. The SMILES string of the molecule is Cc1ccc(NC(=O)CSc2nnc([C@H]3COc4ccccc4O3)o2)cc1C. The summed E-state index contributed by atoms with van der Waals surface area (Å²) >= 11 is 1.18. The van der Waals surface area contributed by atoms with E-state index in [1.807, 2.05) is 56.3 Å². The average Bonchev–Trinajstić information content (AvgIpc) is 3.18. The molecule has 1 aromatic heterocycles. The second-order valence-electron chi connectivity index (χ2n) is 6.41. The summed E-state index contributed by atoms with van der Waals surface area (Å²) in [6.07, 6.45) is -0.471. The van der Waals surface area contributed by atoms with E-state index in [0.29, 0.717) is 22.6 Å². The van der Waals surface area contributed by atoms with E-state index in [4.69, 9.17) is 13.9 Å². The molecule has 0 bridgehead atoms. The standard InChI is InChI=1S/C20H19N3O4S/c1-12-7-8-14(9-13(12)2)21-18(24)11-28-20-23-22-19(27-20)17-10-25-15-5-3-4-6-16(15)26-17/h3-9,17H,10-11H2,1-2H3,(H,21,24)/t17-/m1/s1. The van der Waals surface area contributed by atoms with Crippen LogP contribution in [0.3, 0.4) is 0 Å².